The van der Waals surface area contributed by atoms with Gasteiger partial charge >= 0.3 is 0 Å². The Morgan fingerprint density at radius 2 is 2.11 bits per heavy atom. The third-order valence-electron chi connectivity index (χ3n) is 3.13. The first-order valence-electron chi connectivity index (χ1n) is 6.26. The highest BCUT2D eigenvalue weighted by molar-refractivity contribution is 6.01. The van der Waals surface area contributed by atoms with Crippen LogP contribution in [0, 0.1) is 0 Å². The molecule has 18 heavy (non-hydrogen) atoms. The molecule has 0 spiro atoms. The Hall–Kier alpha value is -1.84. The monoisotopic (exact) mass is 246 g/mol. The summed E-state index contributed by atoms with van der Waals surface area (Å²) in [6.07, 6.45) is 0.948. The van der Waals surface area contributed by atoms with E-state index in [0.29, 0.717) is 18.8 Å². The Morgan fingerprint density at radius 1 is 1.33 bits per heavy atom. The average molecular weight is 246 g/mol. The molecule has 0 unspecified atom stereocenters. The number of hydrogen-bond acceptors (Lipinski definition) is 3. The van der Waals surface area contributed by atoms with Crippen LogP contribution < -0.4 is 10.6 Å². The molecule has 0 saturated carbocycles. The van der Waals surface area contributed by atoms with Gasteiger partial charge in [0.25, 0.3) is 0 Å². The van der Waals surface area contributed by atoms with Crippen molar-refractivity contribution < 1.29 is 9.59 Å². The van der Waals surface area contributed by atoms with Crippen molar-refractivity contribution >= 4 is 17.5 Å². The molecule has 1 aromatic carbocycles. The number of piperidine rings is 1. The van der Waals surface area contributed by atoms with Crippen LogP contribution in [-0.4, -0.2) is 17.9 Å². The van der Waals surface area contributed by atoms with E-state index in [0.717, 1.165) is 5.69 Å². The molecule has 4 heteroatoms. The Bertz CT molecular complexity index is 469. The topological polar surface area (TPSA) is 58.2 Å². The molecule has 1 heterocycles. The van der Waals surface area contributed by atoms with Gasteiger partial charge in [-0.3, -0.25) is 14.9 Å². The first-order chi connectivity index (χ1) is 8.56. The van der Waals surface area contributed by atoms with Crippen LogP contribution in [0.4, 0.5) is 5.69 Å². The van der Waals surface area contributed by atoms with Gasteiger partial charge in [0.15, 0.2) is 0 Å². The number of benzene rings is 1. The summed E-state index contributed by atoms with van der Waals surface area (Å²) in [7, 11) is 0. The van der Waals surface area contributed by atoms with Gasteiger partial charge in [0.2, 0.25) is 11.8 Å². The van der Waals surface area contributed by atoms with Gasteiger partial charge in [-0.2, -0.15) is 0 Å². The molecule has 1 aliphatic rings. The van der Waals surface area contributed by atoms with E-state index in [1.165, 1.54) is 5.56 Å². The summed E-state index contributed by atoms with van der Waals surface area (Å²) in [5.74, 6) is 0.0312. The largest absolute Gasteiger partial charge is 0.374 e. The fourth-order valence-electron chi connectivity index (χ4n) is 2.02. The molecule has 96 valence electrons. The third kappa shape index (κ3) is 2.88. The van der Waals surface area contributed by atoms with E-state index < -0.39 is 0 Å². The minimum Gasteiger partial charge on any atom is -0.374 e. The van der Waals surface area contributed by atoms with Crippen LogP contribution in [0.1, 0.15) is 38.2 Å². The number of nitrogens with one attached hydrogen (secondary N) is 2. The highest BCUT2D eigenvalue weighted by Crippen LogP contribution is 2.20. The Labute approximate surface area is 107 Å². The summed E-state index contributed by atoms with van der Waals surface area (Å²) in [6.45, 7) is 4.26. The van der Waals surface area contributed by atoms with Gasteiger partial charge in [-0.25, -0.2) is 0 Å². The van der Waals surface area contributed by atoms with E-state index in [4.69, 9.17) is 0 Å². The van der Waals surface area contributed by atoms with Crippen molar-refractivity contribution in [3.05, 3.63) is 29.8 Å². The van der Waals surface area contributed by atoms with Crippen LogP contribution in [0.2, 0.25) is 0 Å². The maximum absolute atomic E-state index is 11.6. The van der Waals surface area contributed by atoms with Crippen molar-refractivity contribution in [2.75, 3.05) is 5.32 Å². The second-order valence-electron chi connectivity index (χ2n) is 4.93. The van der Waals surface area contributed by atoms with Crippen LogP contribution >= 0.6 is 0 Å². The molecule has 1 saturated heterocycles. The Kier molecular flexibility index (Phi) is 3.65. The van der Waals surface area contributed by atoms with E-state index >= 15 is 0 Å². The summed E-state index contributed by atoms with van der Waals surface area (Å²) in [4.78, 5) is 22.7. The fraction of sp³-hybridized carbons (Fsp3) is 0.429. The molecule has 0 aromatic heterocycles. The van der Waals surface area contributed by atoms with Crippen LogP contribution in [0.3, 0.4) is 0 Å². The Morgan fingerprint density at radius 3 is 2.78 bits per heavy atom. The number of anilines is 1. The van der Waals surface area contributed by atoms with E-state index in [-0.39, 0.29) is 17.9 Å². The molecule has 0 radical (unpaired) electrons. The van der Waals surface area contributed by atoms with Gasteiger partial charge in [0, 0.05) is 12.1 Å². The van der Waals surface area contributed by atoms with Gasteiger partial charge in [-0.05, 0) is 30.0 Å². The summed E-state index contributed by atoms with van der Waals surface area (Å²) >= 11 is 0. The van der Waals surface area contributed by atoms with Crippen molar-refractivity contribution in [2.45, 2.75) is 38.6 Å². The minimum atomic E-state index is -0.315. The fourth-order valence-corrected chi connectivity index (χ4v) is 2.02. The molecule has 1 atom stereocenters. The number of amides is 2. The first kappa shape index (κ1) is 12.6. The molecular weight excluding hydrogens is 228 g/mol. The lowest BCUT2D eigenvalue weighted by Crippen LogP contribution is -2.47. The zero-order valence-electron chi connectivity index (χ0n) is 10.7. The highest BCUT2D eigenvalue weighted by atomic mass is 16.2. The summed E-state index contributed by atoms with van der Waals surface area (Å²) in [5.41, 5.74) is 2.16. The zero-order valence-corrected chi connectivity index (χ0v) is 10.7. The van der Waals surface area contributed by atoms with E-state index in [1.54, 1.807) is 0 Å². The van der Waals surface area contributed by atoms with E-state index in [2.05, 4.69) is 30.5 Å². The number of carbonyl (C=O) groups excluding carboxylic acids is 2. The molecule has 1 aliphatic heterocycles. The van der Waals surface area contributed by atoms with Gasteiger partial charge in [-0.1, -0.05) is 26.0 Å². The number of imide groups is 1. The Balaban J connectivity index is 2.07. The molecule has 2 N–H and O–H groups in total. The second kappa shape index (κ2) is 5.21. The smallest absolute Gasteiger partial charge is 0.249 e. The zero-order chi connectivity index (χ0) is 13.1. The maximum atomic E-state index is 11.6. The van der Waals surface area contributed by atoms with Crippen LogP contribution in [0.25, 0.3) is 0 Å². The van der Waals surface area contributed by atoms with Gasteiger partial charge in [0.05, 0.1) is 0 Å². The van der Waals surface area contributed by atoms with Crippen molar-refractivity contribution in [1.82, 2.24) is 5.32 Å². The molecule has 2 amide bonds. The lowest BCUT2D eigenvalue weighted by Gasteiger charge is -2.23. The van der Waals surface area contributed by atoms with Crippen LogP contribution in [0.15, 0.2) is 24.3 Å². The molecule has 1 fully saturated rings. The summed E-state index contributed by atoms with van der Waals surface area (Å²) in [6, 6.07) is 7.72. The van der Waals surface area contributed by atoms with Crippen molar-refractivity contribution in [1.29, 1.82) is 0 Å². The molecule has 0 bridgehead atoms. The summed E-state index contributed by atoms with van der Waals surface area (Å²) in [5, 5.41) is 5.53. The second-order valence-corrected chi connectivity index (χ2v) is 4.93. The minimum absolute atomic E-state index is 0.186. The first-order valence-corrected chi connectivity index (χ1v) is 6.26. The normalized spacial score (nSPS) is 19.8. The molecular formula is C14H18N2O2. The van der Waals surface area contributed by atoms with Crippen molar-refractivity contribution in [2.24, 2.45) is 0 Å². The average Bonchev–Trinajstić information content (AvgIpc) is 2.33. The third-order valence-corrected chi connectivity index (χ3v) is 3.13. The van der Waals surface area contributed by atoms with Crippen LogP contribution in [-0.2, 0) is 9.59 Å². The predicted molar refractivity (Wildman–Crippen MR) is 70.3 cm³/mol. The molecule has 1 aromatic rings. The van der Waals surface area contributed by atoms with Gasteiger partial charge in [0.1, 0.15) is 6.04 Å². The summed E-state index contributed by atoms with van der Waals surface area (Å²) < 4.78 is 0. The number of hydrogen-bond donors (Lipinski definition) is 2. The number of carbonyl (C=O) groups is 2. The molecule has 2 rings (SSSR count). The van der Waals surface area contributed by atoms with Crippen LogP contribution in [0.5, 0.6) is 0 Å². The SMILES string of the molecule is CC(C)c1cccc(N[C@H]2CCC(=O)NC2=O)c1. The lowest BCUT2D eigenvalue weighted by atomic mass is 10.0. The highest BCUT2D eigenvalue weighted by Gasteiger charge is 2.26. The van der Waals surface area contributed by atoms with E-state index in [1.807, 2.05) is 18.2 Å². The maximum Gasteiger partial charge on any atom is 0.249 e. The van der Waals surface area contributed by atoms with Gasteiger partial charge < -0.3 is 5.32 Å². The van der Waals surface area contributed by atoms with Gasteiger partial charge in [-0.15, -0.1) is 0 Å². The standard InChI is InChI=1S/C14H18N2O2/c1-9(2)10-4-3-5-11(8-10)15-12-6-7-13(17)16-14(12)18/h3-5,8-9,12,15H,6-7H2,1-2H3,(H,16,17,18)/t12-/m0/s1. The van der Waals surface area contributed by atoms with Crippen molar-refractivity contribution in [3.8, 4) is 0 Å². The van der Waals surface area contributed by atoms with Crippen molar-refractivity contribution in [3.63, 3.8) is 0 Å². The predicted octanol–water partition coefficient (Wildman–Crippen LogP) is 2.03. The molecule has 0 aliphatic carbocycles. The number of rotatable bonds is 3. The quantitative estimate of drug-likeness (QED) is 0.802. The lowest BCUT2D eigenvalue weighted by molar-refractivity contribution is -0.133. The van der Waals surface area contributed by atoms with E-state index in [9.17, 15) is 9.59 Å². The molecule has 4 nitrogen and oxygen atoms in total.